The van der Waals surface area contributed by atoms with E-state index in [9.17, 15) is 13.5 Å². The van der Waals surface area contributed by atoms with E-state index >= 15 is 0 Å². The number of hydrogen-bond donors (Lipinski definition) is 1. The van der Waals surface area contributed by atoms with Crippen LogP contribution in [0.25, 0.3) is 0 Å². The highest BCUT2D eigenvalue weighted by Gasteiger charge is 2.34. The third-order valence-corrected chi connectivity index (χ3v) is 6.13. The van der Waals surface area contributed by atoms with Crippen molar-refractivity contribution in [2.24, 2.45) is 5.92 Å². The Morgan fingerprint density at radius 2 is 2.31 bits per heavy atom. The fourth-order valence-corrected chi connectivity index (χ4v) is 4.91. The molecule has 0 aromatic carbocycles. The van der Waals surface area contributed by atoms with Gasteiger partial charge in [0.2, 0.25) is 0 Å². The zero-order valence-electron chi connectivity index (χ0n) is 9.22. The molecule has 0 saturated carbocycles. The molecule has 0 radical (unpaired) electrons. The topological polar surface area (TPSA) is 54.4 Å². The van der Waals surface area contributed by atoms with Crippen LogP contribution in [0.2, 0.25) is 0 Å². The number of aliphatic hydroxyl groups excluding tert-OH is 1. The molecule has 2 heterocycles. The first-order chi connectivity index (χ1) is 7.52. The summed E-state index contributed by atoms with van der Waals surface area (Å²) >= 11 is 1.58. The predicted molar refractivity (Wildman–Crippen MR) is 65.4 cm³/mol. The van der Waals surface area contributed by atoms with Gasteiger partial charge in [-0.3, -0.25) is 0 Å². The van der Waals surface area contributed by atoms with Gasteiger partial charge in [-0.05, 0) is 25.0 Å². The summed E-state index contributed by atoms with van der Waals surface area (Å²) in [5.41, 5.74) is 0. The lowest BCUT2D eigenvalue weighted by Gasteiger charge is -2.14. The van der Waals surface area contributed by atoms with Gasteiger partial charge >= 0.3 is 0 Å². The summed E-state index contributed by atoms with van der Waals surface area (Å²) in [6.45, 7) is 2.07. The van der Waals surface area contributed by atoms with Crippen molar-refractivity contribution in [1.29, 1.82) is 0 Å². The Balaban J connectivity index is 2.11. The van der Waals surface area contributed by atoms with Crippen LogP contribution in [0, 0.1) is 5.92 Å². The third-order valence-electron chi connectivity index (χ3n) is 3.04. The smallest absolute Gasteiger partial charge is 0.150 e. The zero-order chi connectivity index (χ0) is 11.8. The highest BCUT2D eigenvalue weighted by Crippen LogP contribution is 2.34. The molecule has 90 valence electrons. The van der Waals surface area contributed by atoms with Crippen molar-refractivity contribution in [2.75, 3.05) is 11.5 Å². The fraction of sp³-hybridized carbons (Fsp3) is 0.636. The minimum atomic E-state index is -2.90. The highest BCUT2D eigenvalue weighted by molar-refractivity contribution is 7.91. The molecule has 1 saturated heterocycles. The Morgan fingerprint density at radius 3 is 2.81 bits per heavy atom. The second kappa shape index (κ2) is 4.47. The van der Waals surface area contributed by atoms with Crippen LogP contribution < -0.4 is 0 Å². The van der Waals surface area contributed by atoms with Crippen molar-refractivity contribution < 1.29 is 13.5 Å². The van der Waals surface area contributed by atoms with Gasteiger partial charge in [0.15, 0.2) is 9.84 Å². The molecular weight excluding hydrogens is 244 g/mol. The first-order valence-electron chi connectivity index (χ1n) is 5.49. The SMILES string of the molecule is CCc1ccc(C(O)C2CCS(=O)(=O)C2)s1. The molecule has 1 aliphatic heterocycles. The van der Waals surface area contributed by atoms with Crippen molar-refractivity contribution in [2.45, 2.75) is 25.9 Å². The van der Waals surface area contributed by atoms with Gasteiger partial charge < -0.3 is 5.11 Å². The molecule has 1 aromatic heterocycles. The van der Waals surface area contributed by atoms with E-state index in [0.717, 1.165) is 11.3 Å². The first kappa shape index (κ1) is 12.1. The Morgan fingerprint density at radius 1 is 1.56 bits per heavy atom. The Labute approximate surface area is 100 Å². The predicted octanol–water partition coefficient (Wildman–Crippen LogP) is 1.78. The highest BCUT2D eigenvalue weighted by atomic mass is 32.2. The maximum atomic E-state index is 11.3. The molecule has 16 heavy (non-hydrogen) atoms. The maximum Gasteiger partial charge on any atom is 0.150 e. The van der Waals surface area contributed by atoms with Crippen LogP contribution in [0.4, 0.5) is 0 Å². The molecule has 1 aliphatic rings. The number of rotatable bonds is 3. The molecule has 5 heteroatoms. The second-order valence-electron chi connectivity index (χ2n) is 4.27. The van der Waals surface area contributed by atoms with Crippen LogP contribution in [0.15, 0.2) is 12.1 Å². The third kappa shape index (κ3) is 2.47. The summed E-state index contributed by atoms with van der Waals surface area (Å²) in [7, 11) is -2.90. The Kier molecular flexibility index (Phi) is 3.37. The summed E-state index contributed by atoms with van der Waals surface area (Å²) in [4.78, 5) is 2.13. The van der Waals surface area contributed by atoms with E-state index in [0.29, 0.717) is 6.42 Å². The molecule has 2 atom stereocenters. The average molecular weight is 260 g/mol. The van der Waals surface area contributed by atoms with Crippen LogP contribution in [0.3, 0.4) is 0 Å². The first-order valence-corrected chi connectivity index (χ1v) is 8.12. The van der Waals surface area contributed by atoms with Crippen LogP contribution in [-0.2, 0) is 16.3 Å². The van der Waals surface area contributed by atoms with Gasteiger partial charge in [-0.2, -0.15) is 0 Å². The zero-order valence-corrected chi connectivity index (χ0v) is 10.9. The summed E-state index contributed by atoms with van der Waals surface area (Å²) in [6, 6.07) is 3.92. The van der Waals surface area contributed by atoms with E-state index in [-0.39, 0.29) is 17.4 Å². The van der Waals surface area contributed by atoms with Crippen LogP contribution in [0.1, 0.15) is 29.2 Å². The summed E-state index contributed by atoms with van der Waals surface area (Å²) in [5, 5.41) is 10.1. The summed E-state index contributed by atoms with van der Waals surface area (Å²) < 4.78 is 22.7. The van der Waals surface area contributed by atoms with Gasteiger partial charge in [0.05, 0.1) is 17.6 Å². The molecule has 1 N–H and O–H groups in total. The molecule has 2 rings (SSSR count). The normalized spacial score (nSPS) is 25.8. The Hall–Kier alpha value is -0.390. The lowest BCUT2D eigenvalue weighted by Crippen LogP contribution is -2.13. The lowest BCUT2D eigenvalue weighted by atomic mass is 10.0. The monoisotopic (exact) mass is 260 g/mol. The molecule has 1 aromatic rings. The summed E-state index contributed by atoms with van der Waals surface area (Å²) in [6.07, 6.45) is 0.936. The lowest BCUT2D eigenvalue weighted by molar-refractivity contribution is 0.124. The standard InChI is InChI=1S/C11H16O3S2/c1-2-9-3-4-10(15-9)11(12)8-5-6-16(13,14)7-8/h3-4,8,11-12H,2,5-7H2,1H3. The van der Waals surface area contributed by atoms with Gasteiger partial charge in [0.25, 0.3) is 0 Å². The van der Waals surface area contributed by atoms with Gasteiger partial charge in [-0.1, -0.05) is 6.92 Å². The molecule has 0 aliphatic carbocycles. The van der Waals surface area contributed by atoms with Crippen molar-refractivity contribution in [3.8, 4) is 0 Å². The van der Waals surface area contributed by atoms with Crippen LogP contribution >= 0.6 is 11.3 Å². The molecule has 3 nitrogen and oxygen atoms in total. The van der Waals surface area contributed by atoms with E-state index in [1.54, 1.807) is 11.3 Å². The van der Waals surface area contributed by atoms with Crippen LogP contribution in [-0.4, -0.2) is 25.0 Å². The minimum Gasteiger partial charge on any atom is -0.387 e. The Bertz CT molecular complexity index is 461. The van der Waals surface area contributed by atoms with Crippen LogP contribution in [0.5, 0.6) is 0 Å². The molecule has 0 bridgehead atoms. The number of aryl methyl sites for hydroxylation is 1. The molecule has 2 unspecified atom stereocenters. The maximum absolute atomic E-state index is 11.3. The van der Waals surface area contributed by atoms with Gasteiger partial charge in [0, 0.05) is 15.7 Å². The van der Waals surface area contributed by atoms with E-state index in [1.807, 2.05) is 12.1 Å². The van der Waals surface area contributed by atoms with E-state index in [4.69, 9.17) is 0 Å². The average Bonchev–Trinajstić information content (AvgIpc) is 2.83. The van der Waals surface area contributed by atoms with Gasteiger partial charge in [-0.15, -0.1) is 11.3 Å². The summed E-state index contributed by atoms with van der Waals surface area (Å²) in [5.74, 6) is 0.238. The van der Waals surface area contributed by atoms with E-state index in [2.05, 4.69) is 6.92 Å². The fourth-order valence-electron chi connectivity index (χ4n) is 2.05. The molecule has 0 spiro atoms. The number of sulfone groups is 1. The second-order valence-corrected chi connectivity index (χ2v) is 7.69. The van der Waals surface area contributed by atoms with Gasteiger partial charge in [-0.25, -0.2) is 8.42 Å². The largest absolute Gasteiger partial charge is 0.387 e. The van der Waals surface area contributed by atoms with Crippen molar-refractivity contribution in [1.82, 2.24) is 0 Å². The molecule has 0 amide bonds. The minimum absolute atomic E-state index is 0.117. The van der Waals surface area contributed by atoms with Gasteiger partial charge in [0.1, 0.15) is 0 Å². The van der Waals surface area contributed by atoms with Crippen molar-refractivity contribution in [3.05, 3.63) is 21.9 Å². The van der Waals surface area contributed by atoms with Crippen molar-refractivity contribution >= 4 is 21.2 Å². The van der Waals surface area contributed by atoms with Crippen molar-refractivity contribution in [3.63, 3.8) is 0 Å². The molecule has 1 fully saturated rings. The molecular formula is C11H16O3S2. The number of hydrogen-bond acceptors (Lipinski definition) is 4. The quantitative estimate of drug-likeness (QED) is 0.901. The van der Waals surface area contributed by atoms with E-state index < -0.39 is 15.9 Å². The number of aliphatic hydroxyl groups is 1. The van der Waals surface area contributed by atoms with E-state index in [1.165, 1.54) is 4.88 Å². The number of thiophene rings is 1.